The highest BCUT2D eigenvalue weighted by atomic mass is 32.1. The molecular weight excluding hydrogens is 228 g/mol. The first-order valence-electron chi connectivity index (χ1n) is 4.51. The first kappa shape index (κ1) is 12.3. The Bertz CT molecular complexity index is 393. The van der Waals surface area contributed by atoms with Gasteiger partial charge in [0.1, 0.15) is 0 Å². The molecule has 0 heterocycles. The van der Waals surface area contributed by atoms with Crippen molar-refractivity contribution in [1.29, 1.82) is 0 Å². The van der Waals surface area contributed by atoms with Gasteiger partial charge < -0.3 is 5.32 Å². The Hall–Kier alpha value is -1.73. The molecule has 0 radical (unpaired) electrons. The van der Waals surface area contributed by atoms with Crippen molar-refractivity contribution in [3.8, 4) is 0 Å². The molecule has 0 aromatic heterocycles. The van der Waals surface area contributed by atoms with E-state index >= 15 is 0 Å². The van der Waals surface area contributed by atoms with Crippen LogP contribution < -0.4 is 10.7 Å². The Morgan fingerprint density at radius 1 is 1.44 bits per heavy atom. The summed E-state index contributed by atoms with van der Waals surface area (Å²) in [6.07, 6.45) is 0. The number of non-ortho nitro benzene ring substituents is 1. The molecule has 6 nitrogen and oxygen atoms in total. The lowest BCUT2D eigenvalue weighted by Gasteiger charge is -2.19. The average Bonchev–Trinajstić information content (AvgIpc) is 2.28. The number of thiocarbonyl (C=S) groups is 1. The third-order valence-corrected chi connectivity index (χ3v) is 2.35. The third kappa shape index (κ3) is 3.14. The van der Waals surface area contributed by atoms with Gasteiger partial charge >= 0.3 is 0 Å². The molecule has 0 amide bonds. The van der Waals surface area contributed by atoms with Gasteiger partial charge in [0, 0.05) is 31.9 Å². The van der Waals surface area contributed by atoms with Gasteiger partial charge in [-0.2, -0.15) is 0 Å². The van der Waals surface area contributed by atoms with Crippen LogP contribution in [0.1, 0.15) is 0 Å². The van der Waals surface area contributed by atoms with E-state index in [2.05, 4.69) is 10.7 Å². The Morgan fingerprint density at radius 2 is 2.00 bits per heavy atom. The zero-order valence-corrected chi connectivity index (χ0v) is 9.75. The summed E-state index contributed by atoms with van der Waals surface area (Å²) in [6.45, 7) is 0. The summed E-state index contributed by atoms with van der Waals surface area (Å²) in [4.78, 5) is 9.99. The Morgan fingerprint density at radius 3 is 2.44 bits per heavy atom. The molecule has 0 bridgehead atoms. The fraction of sp³-hybridized carbons (Fsp3) is 0.222. The number of hydrogen-bond acceptors (Lipinski definition) is 4. The van der Waals surface area contributed by atoms with Crippen molar-refractivity contribution >= 4 is 28.7 Å². The van der Waals surface area contributed by atoms with E-state index in [4.69, 9.17) is 12.2 Å². The van der Waals surface area contributed by atoms with E-state index < -0.39 is 4.92 Å². The maximum atomic E-state index is 10.4. The molecule has 0 fully saturated rings. The molecule has 0 spiro atoms. The van der Waals surface area contributed by atoms with Crippen molar-refractivity contribution < 1.29 is 4.92 Å². The van der Waals surface area contributed by atoms with E-state index in [1.807, 2.05) is 0 Å². The van der Waals surface area contributed by atoms with Crippen LogP contribution in [-0.2, 0) is 0 Å². The van der Waals surface area contributed by atoms with Crippen molar-refractivity contribution in [2.75, 3.05) is 19.4 Å². The van der Waals surface area contributed by atoms with Crippen LogP contribution in [0.3, 0.4) is 0 Å². The van der Waals surface area contributed by atoms with Crippen LogP contribution in [0.15, 0.2) is 24.3 Å². The van der Waals surface area contributed by atoms with Gasteiger partial charge in [-0.1, -0.05) is 0 Å². The maximum absolute atomic E-state index is 10.4. The molecule has 0 saturated carbocycles. The molecule has 0 unspecified atom stereocenters. The molecule has 0 aliphatic heterocycles. The summed E-state index contributed by atoms with van der Waals surface area (Å²) >= 11 is 5.06. The lowest BCUT2D eigenvalue weighted by atomic mass is 10.3. The summed E-state index contributed by atoms with van der Waals surface area (Å²) in [5.74, 6) is 0. The predicted molar refractivity (Wildman–Crippen MR) is 66.1 cm³/mol. The topological polar surface area (TPSA) is 70.4 Å². The first-order chi connectivity index (χ1) is 7.54. The summed E-state index contributed by atoms with van der Waals surface area (Å²) in [5, 5.41) is 15.5. The molecule has 16 heavy (non-hydrogen) atoms. The van der Waals surface area contributed by atoms with E-state index in [0.717, 1.165) is 0 Å². The minimum atomic E-state index is -0.443. The first-order valence-corrected chi connectivity index (χ1v) is 4.92. The van der Waals surface area contributed by atoms with Crippen molar-refractivity contribution in [2.24, 2.45) is 0 Å². The number of nitrogens with zero attached hydrogens (tertiary/aromatic N) is 2. The lowest BCUT2D eigenvalue weighted by Crippen LogP contribution is -2.39. The van der Waals surface area contributed by atoms with E-state index in [1.54, 1.807) is 31.2 Å². The maximum Gasteiger partial charge on any atom is 0.269 e. The molecular formula is C9H12N4O2S. The van der Waals surface area contributed by atoms with Crippen LogP contribution in [0.2, 0.25) is 0 Å². The average molecular weight is 240 g/mol. The van der Waals surface area contributed by atoms with Crippen molar-refractivity contribution in [3.05, 3.63) is 34.4 Å². The van der Waals surface area contributed by atoms with Crippen LogP contribution in [0, 0.1) is 10.1 Å². The largest absolute Gasteiger partial charge is 0.332 e. The number of nitro benzene ring substituents is 1. The van der Waals surface area contributed by atoms with Crippen LogP contribution in [0.5, 0.6) is 0 Å². The van der Waals surface area contributed by atoms with Crippen molar-refractivity contribution in [3.63, 3.8) is 0 Å². The van der Waals surface area contributed by atoms with Gasteiger partial charge in [-0.25, -0.2) is 5.43 Å². The van der Waals surface area contributed by atoms with Crippen molar-refractivity contribution in [1.82, 2.24) is 10.4 Å². The van der Waals surface area contributed by atoms with Crippen LogP contribution in [0.4, 0.5) is 11.4 Å². The molecule has 0 saturated heterocycles. The van der Waals surface area contributed by atoms with Gasteiger partial charge in [-0.05, 0) is 24.4 Å². The fourth-order valence-electron chi connectivity index (χ4n) is 0.975. The molecule has 2 N–H and O–H groups in total. The minimum Gasteiger partial charge on any atom is -0.332 e. The summed E-state index contributed by atoms with van der Waals surface area (Å²) in [7, 11) is 3.50. The minimum absolute atomic E-state index is 0.0541. The van der Waals surface area contributed by atoms with Gasteiger partial charge in [-0.3, -0.25) is 15.1 Å². The lowest BCUT2D eigenvalue weighted by molar-refractivity contribution is -0.384. The Kier molecular flexibility index (Phi) is 4.15. The van der Waals surface area contributed by atoms with Crippen LogP contribution in [0.25, 0.3) is 0 Å². The van der Waals surface area contributed by atoms with Crippen LogP contribution >= 0.6 is 12.2 Å². The van der Waals surface area contributed by atoms with Gasteiger partial charge in [0.25, 0.3) is 5.69 Å². The number of hydrazine groups is 1. The monoisotopic (exact) mass is 240 g/mol. The zero-order chi connectivity index (χ0) is 12.1. The SMILES string of the molecule is CNN(C)C(=S)Nc1ccc([N+](=O)[O-])cc1. The predicted octanol–water partition coefficient (Wildman–Crippen LogP) is 1.36. The normalized spacial score (nSPS) is 9.62. The van der Waals surface area contributed by atoms with Crippen LogP contribution in [-0.4, -0.2) is 29.1 Å². The molecule has 7 heteroatoms. The van der Waals surface area contributed by atoms with E-state index in [0.29, 0.717) is 10.8 Å². The Balaban J connectivity index is 2.69. The highest BCUT2D eigenvalue weighted by Crippen LogP contribution is 2.15. The standard InChI is InChI=1S/C9H12N4O2S/c1-10-12(2)9(16)11-7-3-5-8(6-4-7)13(14)15/h3-6,10H,1-2H3,(H,11,16). The molecule has 1 aromatic carbocycles. The van der Waals surface area contributed by atoms with Gasteiger partial charge in [0.2, 0.25) is 0 Å². The van der Waals surface area contributed by atoms with Gasteiger partial charge in [0.15, 0.2) is 5.11 Å². The van der Waals surface area contributed by atoms with Crippen molar-refractivity contribution in [2.45, 2.75) is 0 Å². The summed E-state index contributed by atoms with van der Waals surface area (Å²) < 4.78 is 0. The molecule has 0 aliphatic rings. The highest BCUT2D eigenvalue weighted by Gasteiger charge is 2.05. The second-order valence-corrected chi connectivity index (χ2v) is 3.40. The smallest absolute Gasteiger partial charge is 0.269 e. The Labute approximate surface area is 98.4 Å². The van der Waals surface area contributed by atoms with E-state index in [1.165, 1.54) is 12.1 Å². The quantitative estimate of drug-likeness (QED) is 0.472. The van der Waals surface area contributed by atoms with E-state index in [-0.39, 0.29) is 5.69 Å². The third-order valence-electron chi connectivity index (χ3n) is 1.97. The summed E-state index contributed by atoms with van der Waals surface area (Å²) in [6, 6.07) is 6.05. The number of anilines is 1. The van der Waals surface area contributed by atoms with Gasteiger partial charge in [0.05, 0.1) is 4.92 Å². The van der Waals surface area contributed by atoms with Gasteiger partial charge in [-0.15, -0.1) is 0 Å². The number of hydrogen-bond donors (Lipinski definition) is 2. The fourth-order valence-corrected chi connectivity index (χ4v) is 1.18. The molecule has 0 atom stereocenters. The molecule has 1 rings (SSSR count). The number of benzene rings is 1. The highest BCUT2D eigenvalue weighted by molar-refractivity contribution is 7.80. The van der Waals surface area contributed by atoms with E-state index in [9.17, 15) is 10.1 Å². The second kappa shape index (κ2) is 5.38. The number of nitrogens with one attached hydrogen (secondary N) is 2. The number of rotatable bonds is 3. The zero-order valence-electron chi connectivity index (χ0n) is 8.93. The summed E-state index contributed by atoms with van der Waals surface area (Å²) in [5.41, 5.74) is 3.60. The number of nitro groups is 1. The molecule has 0 aliphatic carbocycles. The molecule has 86 valence electrons. The second-order valence-electron chi connectivity index (χ2n) is 3.02. The molecule has 1 aromatic rings.